The van der Waals surface area contributed by atoms with Gasteiger partial charge in [-0.25, -0.2) is 0 Å². The molecule has 4 nitrogen and oxygen atoms in total. The highest BCUT2D eigenvalue weighted by atomic mass is 35.5. The van der Waals surface area contributed by atoms with Crippen LogP contribution in [-0.4, -0.2) is 22.7 Å². The van der Waals surface area contributed by atoms with Crippen LogP contribution >= 0.6 is 23.4 Å². The Bertz CT molecular complexity index is 1060. The third kappa shape index (κ3) is 2.91. The fourth-order valence-electron chi connectivity index (χ4n) is 3.24. The van der Waals surface area contributed by atoms with Crippen molar-refractivity contribution in [2.24, 2.45) is 7.05 Å². The van der Waals surface area contributed by atoms with Gasteiger partial charge in [-0.15, -0.1) is 11.8 Å². The van der Waals surface area contributed by atoms with Crippen LogP contribution in [0.5, 0.6) is 5.75 Å². The maximum absolute atomic E-state index is 12.8. The Morgan fingerprint density at radius 2 is 1.96 bits per heavy atom. The van der Waals surface area contributed by atoms with Crippen LogP contribution in [0.4, 0.5) is 0 Å². The van der Waals surface area contributed by atoms with E-state index in [2.05, 4.69) is 0 Å². The highest BCUT2D eigenvalue weighted by Crippen LogP contribution is 2.42. The molecule has 0 bridgehead atoms. The van der Waals surface area contributed by atoms with Gasteiger partial charge in [0.15, 0.2) is 5.78 Å². The Morgan fingerprint density at radius 3 is 2.73 bits per heavy atom. The molecule has 3 aromatic rings. The molecule has 2 heterocycles. The lowest BCUT2D eigenvalue weighted by Gasteiger charge is -2.13. The van der Waals surface area contributed by atoms with Gasteiger partial charge in [0.25, 0.3) is 5.56 Å². The van der Waals surface area contributed by atoms with Crippen molar-refractivity contribution in [2.75, 3.05) is 12.4 Å². The molecule has 0 saturated heterocycles. The molecule has 0 N–H and O–H groups in total. The predicted octanol–water partition coefficient (Wildman–Crippen LogP) is 4.03. The normalized spacial score (nSPS) is 15.8. The Morgan fingerprint density at radius 1 is 1.23 bits per heavy atom. The molecule has 6 heteroatoms. The standard InChI is InChI=1S/C20H16ClNO3S/c1-22-16-5-3-2-4-14(16)19-18(20(22)24)15(11-26-19)17(23)10-25-13-8-6-12(21)7-9-13/h2-9,15H,10-11H2,1H3. The van der Waals surface area contributed by atoms with Gasteiger partial charge in [0.2, 0.25) is 0 Å². The van der Waals surface area contributed by atoms with Crippen LogP contribution < -0.4 is 10.3 Å². The zero-order valence-corrected chi connectivity index (χ0v) is 15.6. The van der Waals surface area contributed by atoms with Crippen LogP contribution in [0.15, 0.2) is 58.2 Å². The smallest absolute Gasteiger partial charge is 0.255 e. The number of fused-ring (bicyclic) bond motifs is 3. The van der Waals surface area contributed by atoms with Crippen molar-refractivity contribution in [3.05, 3.63) is 69.5 Å². The van der Waals surface area contributed by atoms with Crippen molar-refractivity contribution < 1.29 is 9.53 Å². The molecule has 132 valence electrons. The van der Waals surface area contributed by atoms with Crippen LogP contribution in [0.1, 0.15) is 11.5 Å². The van der Waals surface area contributed by atoms with Crippen LogP contribution in [-0.2, 0) is 11.8 Å². The van der Waals surface area contributed by atoms with E-state index >= 15 is 0 Å². The summed E-state index contributed by atoms with van der Waals surface area (Å²) in [5.74, 6) is 0.630. The SMILES string of the molecule is Cn1c(=O)c2c(c3ccccc31)SCC2C(=O)COc1ccc(Cl)cc1. The number of carbonyl (C=O) groups is 1. The molecule has 0 amide bonds. The second-order valence-corrected chi connectivity index (χ2v) is 7.66. The number of benzene rings is 2. The summed E-state index contributed by atoms with van der Waals surface area (Å²) in [6, 6.07) is 14.7. The number of halogens is 1. The number of rotatable bonds is 4. The highest BCUT2D eigenvalue weighted by Gasteiger charge is 2.34. The number of nitrogens with zero attached hydrogens (tertiary/aromatic N) is 1. The number of aromatic nitrogens is 1. The van der Waals surface area contributed by atoms with Gasteiger partial charge >= 0.3 is 0 Å². The van der Waals surface area contributed by atoms with E-state index in [4.69, 9.17) is 16.3 Å². The van der Waals surface area contributed by atoms with Crippen molar-refractivity contribution in [2.45, 2.75) is 10.8 Å². The summed E-state index contributed by atoms with van der Waals surface area (Å²) in [6.07, 6.45) is 0. The van der Waals surface area contributed by atoms with E-state index in [1.807, 2.05) is 24.3 Å². The first kappa shape index (κ1) is 17.2. The summed E-state index contributed by atoms with van der Waals surface area (Å²) >= 11 is 7.42. The molecule has 26 heavy (non-hydrogen) atoms. The lowest BCUT2D eigenvalue weighted by atomic mass is 9.96. The second kappa shape index (κ2) is 6.82. The first-order valence-corrected chi connectivity index (χ1v) is 9.58. The molecule has 2 aromatic carbocycles. The fourth-order valence-corrected chi connectivity index (χ4v) is 4.77. The van der Waals surface area contributed by atoms with E-state index < -0.39 is 5.92 Å². The molecule has 0 fully saturated rings. The molecule has 0 saturated carbocycles. The van der Waals surface area contributed by atoms with Crippen LogP contribution in [0, 0.1) is 0 Å². The average molecular weight is 386 g/mol. The third-order valence-electron chi connectivity index (χ3n) is 4.62. The lowest BCUT2D eigenvalue weighted by molar-refractivity contribution is -0.122. The molecule has 0 spiro atoms. The van der Waals surface area contributed by atoms with Crippen molar-refractivity contribution in [3.8, 4) is 5.75 Å². The number of hydrogen-bond acceptors (Lipinski definition) is 4. The molecule has 0 aliphatic carbocycles. The largest absolute Gasteiger partial charge is 0.486 e. The minimum Gasteiger partial charge on any atom is -0.486 e. The maximum atomic E-state index is 12.8. The predicted molar refractivity (Wildman–Crippen MR) is 105 cm³/mol. The number of pyridine rings is 1. The second-order valence-electron chi connectivity index (χ2n) is 6.20. The molecular formula is C20H16ClNO3S. The zero-order valence-electron chi connectivity index (χ0n) is 14.1. The van der Waals surface area contributed by atoms with Gasteiger partial charge in [-0.1, -0.05) is 29.8 Å². The van der Waals surface area contributed by atoms with Crippen molar-refractivity contribution in [1.82, 2.24) is 4.57 Å². The van der Waals surface area contributed by atoms with Crippen LogP contribution in [0.3, 0.4) is 0 Å². The summed E-state index contributed by atoms with van der Waals surface area (Å²) < 4.78 is 7.21. The molecular weight excluding hydrogens is 370 g/mol. The van der Waals surface area contributed by atoms with E-state index in [1.165, 1.54) is 0 Å². The zero-order chi connectivity index (χ0) is 18.3. The number of ketones is 1. The number of para-hydroxylation sites is 1. The van der Waals surface area contributed by atoms with Gasteiger partial charge < -0.3 is 9.30 Å². The minimum atomic E-state index is -0.439. The molecule has 1 atom stereocenters. The molecule has 1 aliphatic rings. The van der Waals surface area contributed by atoms with Gasteiger partial charge in [-0.3, -0.25) is 9.59 Å². The number of ether oxygens (including phenoxy) is 1. The average Bonchev–Trinajstić information content (AvgIpc) is 3.11. The van der Waals surface area contributed by atoms with Crippen molar-refractivity contribution in [1.29, 1.82) is 0 Å². The van der Waals surface area contributed by atoms with Crippen LogP contribution in [0.2, 0.25) is 5.02 Å². The molecule has 1 aromatic heterocycles. The van der Waals surface area contributed by atoms with E-state index in [1.54, 1.807) is 47.6 Å². The number of aryl methyl sites for hydroxylation is 1. The third-order valence-corrected chi connectivity index (χ3v) is 6.10. The van der Waals surface area contributed by atoms with Gasteiger partial charge in [0.1, 0.15) is 12.4 Å². The summed E-state index contributed by atoms with van der Waals surface area (Å²) in [6.45, 7) is -0.0672. The number of hydrogen-bond donors (Lipinski definition) is 0. The van der Waals surface area contributed by atoms with E-state index in [0.29, 0.717) is 22.1 Å². The van der Waals surface area contributed by atoms with E-state index in [9.17, 15) is 9.59 Å². The minimum absolute atomic E-state index is 0.0672. The first-order valence-electron chi connectivity index (χ1n) is 8.22. The van der Waals surface area contributed by atoms with Gasteiger partial charge in [-0.05, 0) is 30.3 Å². The highest BCUT2D eigenvalue weighted by molar-refractivity contribution is 8.00. The summed E-state index contributed by atoms with van der Waals surface area (Å²) in [5, 5.41) is 1.63. The molecule has 4 rings (SSSR count). The van der Waals surface area contributed by atoms with Crippen molar-refractivity contribution in [3.63, 3.8) is 0 Å². The quantitative estimate of drug-likeness (QED) is 0.680. The Labute approximate surface area is 159 Å². The Balaban J connectivity index is 1.64. The summed E-state index contributed by atoms with van der Waals surface area (Å²) in [7, 11) is 1.75. The van der Waals surface area contributed by atoms with E-state index in [-0.39, 0.29) is 17.9 Å². The number of Topliss-reactive ketones (excluding diaryl/α,β-unsaturated/α-hetero) is 1. The Hall–Kier alpha value is -2.24. The first-order chi connectivity index (χ1) is 12.6. The molecule has 0 radical (unpaired) electrons. The topological polar surface area (TPSA) is 48.3 Å². The van der Waals surface area contributed by atoms with Gasteiger partial charge in [0, 0.05) is 33.7 Å². The van der Waals surface area contributed by atoms with Crippen LogP contribution in [0.25, 0.3) is 10.9 Å². The fraction of sp³-hybridized carbons (Fsp3) is 0.200. The summed E-state index contributed by atoms with van der Waals surface area (Å²) in [4.78, 5) is 26.5. The maximum Gasteiger partial charge on any atom is 0.255 e. The Kier molecular flexibility index (Phi) is 4.51. The van der Waals surface area contributed by atoms with E-state index in [0.717, 1.165) is 15.8 Å². The van der Waals surface area contributed by atoms with Gasteiger partial charge in [0.05, 0.1) is 11.4 Å². The number of carbonyl (C=O) groups excluding carboxylic acids is 1. The number of thioether (sulfide) groups is 1. The monoisotopic (exact) mass is 385 g/mol. The van der Waals surface area contributed by atoms with Crippen molar-refractivity contribution >= 4 is 40.0 Å². The molecule has 1 unspecified atom stereocenters. The lowest BCUT2D eigenvalue weighted by Crippen LogP contribution is -2.28. The molecule has 1 aliphatic heterocycles. The summed E-state index contributed by atoms with van der Waals surface area (Å²) in [5.41, 5.74) is 1.38. The van der Waals surface area contributed by atoms with Gasteiger partial charge in [-0.2, -0.15) is 0 Å².